The van der Waals surface area contributed by atoms with Gasteiger partial charge in [-0.15, -0.1) is 0 Å². The van der Waals surface area contributed by atoms with E-state index >= 15 is 0 Å². The Bertz CT molecular complexity index is 753. The van der Waals surface area contributed by atoms with E-state index in [1.807, 2.05) is 0 Å². The highest BCUT2D eigenvalue weighted by molar-refractivity contribution is 5.27. The van der Waals surface area contributed by atoms with Gasteiger partial charge in [0.25, 0.3) is 0 Å². The van der Waals surface area contributed by atoms with Gasteiger partial charge in [0.1, 0.15) is 0 Å². The third-order valence-electron chi connectivity index (χ3n) is 11.7. The highest BCUT2D eigenvalue weighted by Gasteiger charge is 2.68. The molecule has 4 heteroatoms. The SMILES string of the molecule is C[C@H]([C@@H]1CCCCCN1C)[C@]1(O)C[C@@H](O)[C@@H]2[C@@H]3CC=C4C[C@@H](O)CC[C@]4(C)[C@H]3CC[C@@]21C. The molecule has 1 saturated heterocycles. The molecule has 32 heavy (non-hydrogen) atoms. The smallest absolute Gasteiger partial charge is 0.0769 e. The standard InChI is InChI=1S/C28H47NO3/c1-18(23-8-6-5-7-15-29(23)4)28(32)17-24(31)25-21-10-9-19-16-20(30)11-13-26(19,2)22(21)12-14-27(25,28)3/h9,18,20-25,30-32H,5-8,10-17H2,1-4H3/t18-,20+,21-,22+,23+,24-,25+,26+,27+,28-/m1/s1. The average Bonchev–Trinajstić information content (AvgIpc) is 2.86. The summed E-state index contributed by atoms with van der Waals surface area (Å²) in [6.07, 6.45) is 13.3. The van der Waals surface area contributed by atoms with Crippen LogP contribution in [0.5, 0.6) is 0 Å². The van der Waals surface area contributed by atoms with E-state index in [2.05, 4.69) is 38.8 Å². The molecule has 0 aromatic rings. The molecule has 4 aliphatic carbocycles. The van der Waals surface area contributed by atoms with Gasteiger partial charge >= 0.3 is 0 Å². The third-order valence-corrected chi connectivity index (χ3v) is 11.7. The van der Waals surface area contributed by atoms with Crippen LogP contribution in [0.2, 0.25) is 0 Å². The van der Waals surface area contributed by atoms with Gasteiger partial charge < -0.3 is 20.2 Å². The molecule has 0 aromatic carbocycles. The maximum absolute atomic E-state index is 12.4. The van der Waals surface area contributed by atoms with Crippen molar-refractivity contribution >= 4 is 0 Å². The normalized spacial score (nSPS) is 52.9. The molecular weight excluding hydrogens is 398 g/mol. The molecule has 3 saturated carbocycles. The number of aliphatic hydroxyl groups excluding tert-OH is 2. The van der Waals surface area contributed by atoms with E-state index in [0.717, 1.165) is 51.5 Å². The first-order valence-corrected chi connectivity index (χ1v) is 13.6. The van der Waals surface area contributed by atoms with Crippen LogP contribution in [-0.4, -0.2) is 57.7 Å². The van der Waals surface area contributed by atoms with Gasteiger partial charge in [0, 0.05) is 23.8 Å². The van der Waals surface area contributed by atoms with Crippen LogP contribution in [0.4, 0.5) is 0 Å². The molecule has 4 fully saturated rings. The number of hydrogen-bond acceptors (Lipinski definition) is 4. The topological polar surface area (TPSA) is 63.9 Å². The van der Waals surface area contributed by atoms with Gasteiger partial charge in [-0.2, -0.15) is 0 Å². The van der Waals surface area contributed by atoms with Crippen molar-refractivity contribution in [3.63, 3.8) is 0 Å². The summed E-state index contributed by atoms with van der Waals surface area (Å²) >= 11 is 0. The Morgan fingerprint density at radius 2 is 1.84 bits per heavy atom. The summed E-state index contributed by atoms with van der Waals surface area (Å²) in [6, 6.07) is 0.401. The highest BCUT2D eigenvalue weighted by Crippen LogP contribution is 2.68. The van der Waals surface area contributed by atoms with Crippen molar-refractivity contribution < 1.29 is 15.3 Å². The van der Waals surface area contributed by atoms with Crippen LogP contribution >= 0.6 is 0 Å². The highest BCUT2D eigenvalue weighted by atomic mass is 16.3. The molecule has 10 atom stereocenters. The quantitative estimate of drug-likeness (QED) is 0.547. The Balaban J connectivity index is 1.46. The molecule has 0 aromatic heterocycles. The lowest BCUT2D eigenvalue weighted by Gasteiger charge is -2.60. The molecule has 182 valence electrons. The van der Waals surface area contributed by atoms with Gasteiger partial charge in [0.15, 0.2) is 0 Å². The van der Waals surface area contributed by atoms with Gasteiger partial charge in [-0.05, 0) is 88.1 Å². The van der Waals surface area contributed by atoms with Gasteiger partial charge in [-0.1, -0.05) is 45.3 Å². The predicted molar refractivity (Wildman–Crippen MR) is 128 cm³/mol. The summed E-state index contributed by atoms with van der Waals surface area (Å²) in [5, 5.41) is 34.2. The van der Waals surface area contributed by atoms with E-state index in [0.29, 0.717) is 24.3 Å². The predicted octanol–water partition coefficient (Wildman–Crippen LogP) is 4.52. The Kier molecular flexibility index (Phi) is 5.88. The number of fused-ring (bicyclic) bond motifs is 5. The summed E-state index contributed by atoms with van der Waals surface area (Å²) in [7, 11) is 2.24. The summed E-state index contributed by atoms with van der Waals surface area (Å²) in [5.74, 6) is 1.36. The fourth-order valence-corrected chi connectivity index (χ4v) is 9.72. The van der Waals surface area contributed by atoms with Crippen molar-refractivity contribution in [3.05, 3.63) is 11.6 Å². The molecule has 0 unspecified atom stereocenters. The zero-order valence-corrected chi connectivity index (χ0v) is 20.9. The van der Waals surface area contributed by atoms with E-state index < -0.39 is 11.7 Å². The summed E-state index contributed by atoms with van der Waals surface area (Å²) < 4.78 is 0. The van der Waals surface area contributed by atoms with Crippen molar-refractivity contribution in [2.45, 2.75) is 115 Å². The van der Waals surface area contributed by atoms with E-state index in [4.69, 9.17) is 0 Å². The van der Waals surface area contributed by atoms with Crippen molar-refractivity contribution in [3.8, 4) is 0 Å². The molecule has 4 nitrogen and oxygen atoms in total. The lowest BCUT2D eigenvalue weighted by Crippen LogP contribution is -2.59. The van der Waals surface area contributed by atoms with Crippen LogP contribution in [0, 0.1) is 34.5 Å². The molecule has 0 bridgehead atoms. The molecule has 1 heterocycles. The van der Waals surface area contributed by atoms with Crippen molar-refractivity contribution in [1.29, 1.82) is 0 Å². The third kappa shape index (κ3) is 3.22. The molecule has 5 aliphatic rings. The first-order chi connectivity index (χ1) is 15.1. The molecular formula is C28H47NO3. The fourth-order valence-electron chi connectivity index (χ4n) is 9.72. The maximum atomic E-state index is 12.4. The van der Waals surface area contributed by atoms with E-state index in [1.165, 1.54) is 24.8 Å². The molecule has 0 spiro atoms. The number of hydrogen-bond donors (Lipinski definition) is 3. The maximum Gasteiger partial charge on any atom is 0.0769 e. The summed E-state index contributed by atoms with van der Waals surface area (Å²) in [4.78, 5) is 2.49. The number of aliphatic hydroxyl groups is 3. The first-order valence-electron chi connectivity index (χ1n) is 13.6. The van der Waals surface area contributed by atoms with Gasteiger partial charge in [0.05, 0.1) is 17.8 Å². The van der Waals surface area contributed by atoms with Crippen LogP contribution in [0.25, 0.3) is 0 Å². The monoisotopic (exact) mass is 445 g/mol. The Labute approximate surface area is 195 Å². The van der Waals surface area contributed by atoms with Crippen molar-refractivity contribution in [2.24, 2.45) is 34.5 Å². The lowest BCUT2D eigenvalue weighted by molar-refractivity contribution is -0.163. The summed E-state index contributed by atoms with van der Waals surface area (Å²) in [6.45, 7) is 8.15. The van der Waals surface area contributed by atoms with E-state index in [9.17, 15) is 15.3 Å². The van der Waals surface area contributed by atoms with Crippen molar-refractivity contribution in [1.82, 2.24) is 4.90 Å². The fraction of sp³-hybridized carbons (Fsp3) is 0.929. The van der Waals surface area contributed by atoms with Crippen LogP contribution in [0.3, 0.4) is 0 Å². The van der Waals surface area contributed by atoms with Crippen LogP contribution in [0.15, 0.2) is 11.6 Å². The minimum atomic E-state index is -0.807. The summed E-state index contributed by atoms with van der Waals surface area (Å²) in [5.41, 5.74) is 0.601. The lowest BCUT2D eigenvalue weighted by atomic mass is 9.46. The van der Waals surface area contributed by atoms with Crippen molar-refractivity contribution in [2.75, 3.05) is 13.6 Å². The molecule has 1 aliphatic heterocycles. The van der Waals surface area contributed by atoms with Gasteiger partial charge in [-0.25, -0.2) is 0 Å². The Morgan fingerprint density at radius 1 is 1.06 bits per heavy atom. The minimum absolute atomic E-state index is 0.164. The van der Waals surface area contributed by atoms with E-state index in [-0.39, 0.29) is 28.8 Å². The minimum Gasteiger partial charge on any atom is -0.393 e. The second-order valence-electron chi connectivity index (χ2n) is 12.9. The number of nitrogens with zero attached hydrogens (tertiary/aromatic N) is 1. The second-order valence-corrected chi connectivity index (χ2v) is 12.9. The number of likely N-dealkylation sites (tertiary alicyclic amines) is 1. The average molecular weight is 446 g/mol. The second kappa shape index (κ2) is 8.07. The van der Waals surface area contributed by atoms with Crippen LogP contribution in [0.1, 0.15) is 91.4 Å². The largest absolute Gasteiger partial charge is 0.393 e. The van der Waals surface area contributed by atoms with Gasteiger partial charge in [0.2, 0.25) is 0 Å². The Morgan fingerprint density at radius 3 is 2.62 bits per heavy atom. The van der Waals surface area contributed by atoms with Crippen LogP contribution in [-0.2, 0) is 0 Å². The zero-order valence-electron chi connectivity index (χ0n) is 20.9. The zero-order chi connectivity index (χ0) is 22.9. The number of allylic oxidation sites excluding steroid dienone is 1. The molecule has 3 N–H and O–H groups in total. The molecule has 0 amide bonds. The van der Waals surface area contributed by atoms with Crippen LogP contribution < -0.4 is 0 Å². The first kappa shape index (κ1) is 23.3. The van der Waals surface area contributed by atoms with E-state index in [1.54, 1.807) is 0 Å². The van der Waals surface area contributed by atoms with Gasteiger partial charge in [-0.3, -0.25) is 0 Å². The molecule has 5 rings (SSSR count). The Hall–Kier alpha value is -0.420. The number of rotatable bonds is 2. The molecule has 0 radical (unpaired) electrons.